The Morgan fingerprint density at radius 1 is 0.955 bits per heavy atom. The van der Waals surface area contributed by atoms with Crippen molar-refractivity contribution in [3.05, 3.63) is 59.7 Å². The molecule has 0 atom stereocenters. The fraction of sp³-hybridized carbons (Fsp3) is 0.176. The molecule has 0 aliphatic carbocycles. The SMILES string of the molecule is CC(C)C(=O)c1ccc(C(=O)N(N)c2ccccc2N)cc1. The molecule has 0 aliphatic heterocycles. The van der Waals surface area contributed by atoms with Gasteiger partial charge in [-0.2, -0.15) is 0 Å². The molecular weight excluding hydrogens is 278 g/mol. The van der Waals surface area contributed by atoms with E-state index in [0.29, 0.717) is 22.5 Å². The first-order chi connectivity index (χ1) is 10.4. The van der Waals surface area contributed by atoms with Gasteiger partial charge in [-0.15, -0.1) is 0 Å². The summed E-state index contributed by atoms with van der Waals surface area (Å²) in [5, 5.41) is 1.01. The van der Waals surface area contributed by atoms with Gasteiger partial charge in [-0.05, 0) is 24.3 Å². The molecule has 0 fully saturated rings. The fourth-order valence-corrected chi connectivity index (χ4v) is 2.07. The third-order valence-corrected chi connectivity index (χ3v) is 3.36. The maximum atomic E-state index is 12.4. The largest absolute Gasteiger partial charge is 0.397 e. The van der Waals surface area contributed by atoms with Crippen molar-refractivity contribution >= 4 is 23.1 Å². The Morgan fingerprint density at radius 2 is 1.50 bits per heavy atom. The van der Waals surface area contributed by atoms with Crippen LogP contribution in [0.1, 0.15) is 34.6 Å². The molecule has 2 aromatic rings. The van der Waals surface area contributed by atoms with Gasteiger partial charge in [0.05, 0.1) is 11.4 Å². The lowest BCUT2D eigenvalue weighted by Gasteiger charge is -2.18. The van der Waals surface area contributed by atoms with Gasteiger partial charge >= 0.3 is 0 Å². The van der Waals surface area contributed by atoms with Crippen LogP contribution < -0.4 is 16.6 Å². The lowest BCUT2D eigenvalue weighted by molar-refractivity contribution is 0.0937. The molecule has 0 heterocycles. The Morgan fingerprint density at radius 3 is 2.05 bits per heavy atom. The summed E-state index contributed by atoms with van der Waals surface area (Å²) in [5.41, 5.74) is 7.65. The number of anilines is 2. The van der Waals surface area contributed by atoms with Crippen molar-refractivity contribution in [1.29, 1.82) is 0 Å². The van der Waals surface area contributed by atoms with E-state index in [0.717, 1.165) is 5.01 Å². The molecule has 0 unspecified atom stereocenters. The maximum Gasteiger partial charge on any atom is 0.272 e. The van der Waals surface area contributed by atoms with E-state index in [4.69, 9.17) is 11.6 Å². The third-order valence-electron chi connectivity index (χ3n) is 3.36. The summed E-state index contributed by atoms with van der Waals surface area (Å²) in [5.74, 6) is 5.42. The Balaban J connectivity index is 2.23. The number of carbonyl (C=O) groups excluding carboxylic acids is 2. The van der Waals surface area contributed by atoms with Crippen LogP contribution in [-0.4, -0.2) is 11.7 Å². The molecule has 5 heteroatoms. The Labute approximate surface area is 129 Å². The van der Waals surface area contributed by atoms with Gasteiger partial charge < -0.3 is 5.73 Å². The number of hydrazine groups is 1. The van der Waals surface area contributed by atoms with Crippen LogP contribution in [0.5, 0.6) is 0 Å². The number of hydrogen-bond donors (Lipinski definition) is 2. The molecule has 0 saturated carbocycles. The number of amides is 1. The zero-order valence-electron chi connectivity index (χ0n) is 12.6. The standard InChI is InChI=1S/C17H19N3O2/c1-11(2)16(21)12-7-9-13(10-8-12)17(22)20(19)15-6-4-3-5-14(15)18/h3-11H,18-19H2,1-2H3. The van der Waals surface area contributed by atoms with Crippen molar-refractivity contribution in [2.24, 2.45) is 11.8 Å². The van der Waals surface area contributed by atoms with Gasteiger partial charge in [-0.1, -0.05) is 38.1 Å². The topological polar surface area (TPSA) is 89.4 Å². The number of para-hydroxylation sites is 2. The quantitative estimate of drug-likeness (QED) is 0.298. The van der Waals surface area contributed by atoms with Crippen molar-refractivity contribution in [2.45, 2.75) is 13.8 Å². The van der Waals surface area contributed by atoms with Gasteiger partial charge in [0.2, 0.25) is 0 Å². The second-order valence-electron chi connectivity index (χ2n) is 5.33. The Hall–Kier alpha value is -2.66. The minimum Gasteiger partial charge on any atom is -0.397 e. The number of rotatable bonds is 4. The molecule has 0 radical (unpaired) electrons. The minimum absolute atomic E-state index is 0.0379. The molecule has 0 bridgehead atoms. The summed E-state index contributed by atoms with van der Waals surface area (Å²) in [6.07, 6.45) is 0. The number of hydrogen-bond acceptors (Lipinski definition) is 4. The Bertz CT molecular complexity index is 693. The Kier molecular flexibility index (Phi) is 4.58. The highest BCUT2D eigenvalue weighted by atomic mass is 16.2. The van der Waals surface area contributed by atoms with Gasteiger partial charge in [0.15, 0.2) is 5.78 Å². The maximum absolute atomic E-state index is 12.4. The van der Waals surface area contributed by atoms with Gasteiger partial charge in [0.1, 0.15) is 0 Å². The van der Waals surface area contributed by atoms with Gasteiger partial charge in [0.25, 0.3) is 5.91 Å². The average Bonchev–Trinajstić information content (AvgIpc) is 2.53. The summed E-state index contributed by atoms with van der Waals surface area (Å²) < 4.78 is 0. The number of ketones is 1. The van der Waals surface area contributed by atoms with Crippen LogP contribution in [0.4, 0.5) is 11.4 Å². The van der Waals surface area contributed by atoms with Crippen molar-refractivity contribution in [3.8, 4) is 0 Å². The highest BCUT2D eigenvalue weighted by Crippen LogP contribution is 2.21. The summed E-state index contributed by atoms with van der Waals surface area (Å²) in [6, 6.07) is 13.3. The summed E-state index contributed by atoms with van der Waals surface area (Å²) in [4.78, 5) is 24.3. The summed E-state index contributed by atoms with van der Waals surface area (Å²) in [7, 11) is 0. The van der Waals surface area contributed by atoms with Crippen LogP contribution in [0.3, 0.4) is 0 Å². The monoisotopic (exact) mass is 297 g/mol. The van der Waals surface area contributed by atoms with E-state index in [9.17, 15) is 9.59 Å². The van der Waals surface area contributed by atoms with Crippen LogP contribution in [0, 0.1) is 5.92 Å². The number of nitrogen functional groups attached to an aromatic ring is 1. The predicted octanol–water partition coefficient (Wildman–Crippen LogP) is 2.63. The van der Waals surface area contributed by atoms with Gasteiger partial charge in [0, 0.05) is 17.0 Å². The molecule has 1 amide bonds. The van der Waals surface area contributed by atoms with Gasteiger partial charge in [-0.25, -0.2) is 10.9 Å². The first-order valence-electron chi connectivity index (χ1n) is 6.99. The van der Waals surface area contributed by atoms with Gasteiger partial charge in [-0.3, -0.25) is 9.59 Å². The molecular formula is C17H19N3O2. The lowest BCUT2D eigenvalue weighted by Crippen LogP contribution is -2.38. The highest BCUT2D eigenvalue weighted by Gasteiger charge is 2.17. The van der Waals surface area contributed by atoms with E-state index in [-0.39, 0.29) is 17.6 Å². The van der Waals surface area contributed by atoms with Crippen molar-refractivity contribution < 1.29 is 9.59 Å². The minimum atomic E-state index is -0.388. The van der Waals surface area contributed by atoms with Crippen LogP contribution in [0.25, 0.3) is 0 Å². The third kappa shape index (κ3) is 3.15. The second-order valence-corrected chi connectivity index (χ2v) is 5.33. The lowest BCUT2D eigenvalue weighted by atomic mass is 10.00. The summed E-state index contributed by atoms with van der Waals surface area (Å²) in [6.45, 7) is 3.67. The number of carbonyl (C=O) groups is 2. The highest BCUT2D eigenvalue weighted by molar-refractivity contribution is 6.07. The molecule has 0 spiro atoms. The summed E-state index contributed by atoms with van der Waals surface area (Å²) >= 11 is 0. The zero-order chi connectivity index (χ0) is 16.3. The van der Waals surface area contributed by atoms with E-state index in [1.54, 1.807) is 48.5 Å². The fourth-order valence-electron chi connectivity index (χ4n) is 2.07. The van der Waals surface area contributed by atoms with Crippen molar-refractivity contribution in [2.75, 3.05) is 10.7 Å². The van der Waals surface area contributed by atoms with E-state index >= 15 is 0 Å². The van der Waals surface area contributed by atoms with E-state index < -0.39 is 0 Å². The number of Topliss-reactive ketones (excluding diaryl/α,β-unsaturated/α-hetero) is 1. The zero-order valence-corrected chi connectivity index (χ0v) is 12.6. The molecule has 0 aromatic heterocycles. The molecule has 2 aromatic carbocycles. The number of nitrogens with two attached hydrogens (primary N) is 2. The smallest absolute Gasteiger partial charge is 0.272 e. The molecule has 2 rings (SSSR count). The number of benzene rings is 2. The molecule has 5 nitrogen and oxygen atoms in total. The number of nitrogens with zero attached hydrogens (tertiary/aromatic N) is 1. The van der Waals surface area contributed by atoms with E-state index in [2.05, 4.69) is 0 Å². The normalized spacial score (nSPS) is 10.5. The first kappa shape index (κ1) is 15.7. The second kappa shape index (κ2) is 6.41. The average molecular weight is 297 g/mol. The molecule has 22 heavy (non-hydrogen) atoms. The molecule has 0 aliphatic rings. The first-order valence-corrected chi connectivity index (χ1v) is 6.99. The molecule has 4 N–H and O–H groups in total. The van der Waals surface area contributed by atoms with Crippen LogP contribution in [-0.2, 0) is 0 Å². The van der Waals surface area contributed by atoms with E-state index in [1.807, 2.05) is 13.8 Å². The van der Waals surface area contributed by atoms with Crippen molar-refractivity contribution in [3.63, 3.8) is 0 Å². The predicted molar refractivity (Wildman–Crippen MR) is 87.5 cm³/mol. The molecule has 0 saturated heterocycles. The molecule has 114 valence electrons. The van der Waals surface area contributed by atoms with E-state index in [1.165, 1.54) is 0 Å². The van der Waals surface area contributed by atoms with Crippen molar-refractivity contribution in [1.82, 2.24) is 0 Å². The van der Waals surface area contributed by atoms with Crippen LogP contribution in [0.15, 0.2) is 48.5 Å². The van der Waals surface area contributed by atoms with Crippen LogP contribution >= 0.6 is 0 Å². The van der Waals surface area contributed by atoms with Crippen LogP contribution in [0.2, 0.25) is 0 Å².